The number of rotatable bonds is 4. The van der Waals surface area contributed by atoms with Crippen molar-refractivity contribution in [1.29, 1.82) is 0 Å². The van der Waals surface area contributed by atoms with Crippen molar-refractivity contribution >= 4 is 21.8 Å². The summed E-state index contributed by atoms with van der Waals surface area (Å²) < 4.78 is 16.0. The average Bonchev–Trinajstić information content (AvgIpc) is 3.01. The predicted molar refractivity (Wildman–Crippen MR) is 84.4 cm³/mol. The Morgan fingerprint density at radius 2 is 2.04 bits per heavy atom. The first-order valence-corrected chi connectivity index (χ1v) is 7.50. The van der Waals surface area contributed by atoms with Crippen LogP contribution in [0.25, 0.3) is 5.69 Å². The summed E-state index contributed by atoms with van der Waals surface area (Å²) in [5.74, 6) is -0.656. The van der Waals surface area contributed by atoms with Gasteiger partial charge >= 0.3 is 0 Å². The van der Waals surface area contributed by atoms with E-state index in [1.54, 1.807) is 6.07 Å². The van der Waals surface area contributed by atoms with E-state index in [2.05, 4.69) is 36.8 Å². The molecule has 0 aliphatic heterocycles. The molecule has 0 atom stereocenters. The van der Waals surface area contributed by atoms with Crippen molar-refractivity contribution < 1.29 is 9.18 Å². The molecule has 2 aromatic carbocycles. The highest BCUT2D eigenvalue weighted by Crippen LogP contribution is 2.15. The van der Waals surface area contributed by atoms with Gasteiger partial charge in [0, 0.05) is 4.47 Å². The SMILES string of the molecule is O=C(NCc1nnnn1-c1cccc(Br)c1)c1ccccc1F. The number of nitrogens with one attached hydrogen (secondary N) is 1. The van der Waals surface area contributed by atoms with Gasteiger partial charge in [-0.3, -0.25) is 4.79 Å². The second-order valence-corrected chi connectivity index (χ2v) is 5.56. The Balaban J connectivity index is 1.76. The molecule has 1 heterocycles. The van der Waals surface area contributed by atoms with Crippen LogP contribution < -0.4 is 5.32 Å². The van der Waals surface area contributed by atoms with Crippen molar-refractivity contribution in [2.45, 2.75) is 6.54 Å². The van der Waals surface area contributed by atoms with Gasteiger partial charge in [-0.25, -0.2) is 4.39 Å². The van der Waals surface area contributed by atoms with Gasteiger partial charge in [0.25, 0.3) is 5.91 Å². The van der Waals surface area contributed by atoms with Crippen molar-refractivity contribution in [3.8, 4) is 5.69 Å². The fraction of sp³-hybridized carbons (Fsp3) is 0.0667. The standard InChI is InChI=1S/C15H11BrFN5O/c16-10-4-3-5-11(8-10)22-14(19-20-21-22)9-18-15(23)12-6-1-2-7-13(12)17/h1-8H,9H2,(H,18,23). The highest BCUT2D eigenvalue weighted by molar-refractivity contribution is 9.10. The summed E-state index contributed by atoms with van der Waals surface area (Å²) in [6, 6.07) is 13.2. The Kier molecular flexibility index (Phi) is 4.42. The van der Waals surface area contributed by atoms with Gasteiger partial charge in [-0.15, -0.1) is 5.10 Å². The van der Waals surface area contributed by atoms with Crippen molar-refractivity contribution in [2.24, 2.45) is 0 Å². The van der Waals surface area contributed by atoms with Crippen molar-refractivity contribution in [3.05, 3.63) is 70.2 Å². The lowest BCUT2D eigenvalue weighted by atomic mass is 10.2. The fourth-order valence-electron chi connectivity index (χ4n) is 2.02. The molecule has 0 bridgehead atoms. The summed E-state index contributed by atoms with van der Waals surface area (Å²) in [6.07, 6.45) is 0. The van der Waals surface area contributed by atoms with Gasteiger partial charge in [0.1, 0.15) is 5.82 Å². The van der Waals surface area contributed by atoms with E-state index in [9.17, 15) is 9.18 Å². The summed E-state index contributed by atoms with van der Waals surface area (Å²) in [5.41, 5.74) is 0.730. The third-order valence-corrected chi connectivity index (χ3v) is 3.61. The van der Waals surface area contributed by atoms with Crippen molar-refractivity contribution in [3.63, 3.8) is 0 Å². The first kappa shape index (κ1) is 15.3. The largest absolute Gasteiger partial charge is 0.345 e. The molecule has 3 aromatic rings. The molecule has 1 N–H and O–H groups in total. The van der Waals surface area contributed by atoms with E-state index in [-0.39, 0.29) is 12.1 Å². The Bertz CT molecular complexity index is 851. The van der Waals surface area contributed by atoms with E-state index < -0.39 is 11.7 Å². The number of hydrogen-bond donors (Lipinski definition) is 1. The molecule has 0 fully saturated rings. The molecular weight excluding hydrogens is 365 g/mol. The van der Waals surface area contributed by atoms with Crippen LogP contribution in [0, 0.1) is 5.82 Å². The maximum Gasteiger partial charge on any atom is 0.254 e. The van der Waals surface area contributed by atoms with Crippen LogP contribution >= 0.6 is 15.9 Å². The number of tetrazole rings is 1. The van der Waals surface area contributed by atoms with Crippen LogP contribution in [-0.2, 0) is 6.54 Å². The molecular formula is C15H11BrFN5O. The average molecular weight is 376 g/mol. The summed E-state index contributed by atoms with van der Waals surface area (Å²) in [4.78, 5) is 12.0. The van der Waals surface area contributed by atoms with Crippen LogP contribution in [0.15, 0.2) is 53.0 Å². The summed E-state index contributed by atoms with van der Waals surface area (Å²) >= 11 is 3.38. The Hall–Kier alpha value is -2.61. The van der Waals surface area contributed by atoms with Gasteiger partial charge < -0.3 is 5.32 Å². The highest BCUT2D eigenvalue weighted by atomic mass is 79.9. The number of amides is 1. The number of halogens is 2. The minimum absolute atomic E-state index is 0.0195. The Morgan fingerprint density at radius 1 is 1.22 bits per heavy atom. The zero-order valence-corrected chi connectivity index (χ0v) is 13.4. The van der Waals surface area contributed by atoms with Gasteiger partial charge in [-0.1, -0.05) is 34.1 Å². The fourth-order valence-corrected chi connectivity index (χ4v) is 2.41. The van der Waals surface area contributed by atoms with Gasteiger partial charge in [-0.2, -0.15) is 4.68 Å². The number of nitrogens with zero attached hydrogens (tertiary/aromatic N) is 4. The summed E-state index contributed by atoms with van der Waals surface area (Å²) in [6.45, 7) is 0.0761. The minimum atomic E-state index is -0.573. The van der Waals surface area contributed by atoms with E-state index in [0.717, 1.165) is 10.2 Å². The quantitative estimate of drug-likeness (QED) is 0.760. The van der Waals surface area contributed by atoms with E-state index in [1.165, 1.54) is 22.9 Å². The Morgan fingerprint density at radius 3 is 2.83 bits per heavy atom. The van der Waals surface area contributed by atoms with Crippen LogP contribution in [0.4, 0.5) is 4.39 Å². The van der Waals surface area contributed by atoms with Gasteiger partial charge in [-0.05, 0) is 40.8 Å². The first-order chi connectivity index (χ1) is 11.1. The molecule has 1 amide bonds. The lowest BCUT2D eigenvalue weighted by molar-refractivity contribution is 0.0945. The molecule has 0 spiro atoms. The number of carbonyl (C=O) groups excluding carboxylic acids is 1. The van der Waals surface area contributed by atoms with E-state index >= 15 is 0 Å². The second kappa shape index (κ2) is 6.66. The van der Waals surface area contributed by atoms with Crippen molar-refractivity contribution in [1.82, 2.24) is 25.5 Å². The number of hydrogen-bond acceptors (Lipinski definition) is 4. The Labute approximate surface area is 139 Å². The minimum Gasteiger partial charge on any atom is -0.345 e. The molecule has 3 rings (SSSR count). The maximum atomic E-state index is 13.6. The van der Waals surface area contributed by atoms with Gasteiger partial charge in [0.15, 0.2) is 5.82 Å². The van der Waals surface area contributed by atoms with Crippen LogP contribution in [0.5, 0.6) is 0 Å². The van der Waals surface area contributed by atoms with Gasteiger partial charge in [0.05, 0.1) is 17.8 Å². The van der Waals surface area contributed by atoms with Crippen molar-refractivity contribution in [2.75, 3.05) is 0 Å². The third-order valence-electron chi connectivity index (χ3n) is 3.11. The zero-order valence-electron chi connectivity index (χ0n) is 11.8. The second-order valence-electron chi connectivity index (χ2n) is 4.65. The van der Waals surface area contributed by atoms with E-state index in [0.29, 0.717) is 5.82 Å². The monoisotopic (exact) mass is 375 g/mol. The molecule has 6 nitrogen and oxygen atoms in total. The molecule has 8 heteroatoms. The zero-order chi connectivity index (χ0) is 16.2. The van der Waals surface area contributed by atoms with Crippen LogP contribution in [0.2, 0.25) is 0 Å². The molecule has 23 heavy (non-hydrogen) atoms. The molecule has 0 saturated carbocycles. The van der Waals surface area contributed by atoms with E-state index in [4.69, 9.17) is 0 Å². The smallest absolute Gasteiger partial charge is 0.254 e. The topological polar surface area (TPSA) is 72.7 Å². The number of carbonyl (C=O) groups is 1. The van der Waals surface area contributed by atoms with Crippen LogP contribution in [0.1, 0.15) is 16.2 Å². The third kappa shape index (κ3) is 3.42. The lowest BCUT2D eigenvalue weighted by Gasteiger charge is -2.07. The number of benzene rings is 2. The number of aromatic nitrogens is 4. The summed E-state index contributed by atoms with van der Waals surface area (Å²) in [5, 5.41) is 14.0. The molecule has 1 aromatic heterocycles. The first-order valence-electron chi connectivity index (χ1n) is 6.71. The highest BCUT2D eigenvalue weighted by Gasteiger charge is 2.13. The molecule has 116 valence electrons. The van der Waals surface area contributed by atoms with Gasteiger partial charge in [0.2, 0.25) is 0 Å². The molecule has 0 aliphatic rings. The maximum absolute atomic E-state index is 13.6. The van der Waals surface area contributed by atoms with Crippen LogP contribution in [-0.4, -0.2) is 26.1 Å². The predicted octanol–water partition coefficient (Wildman–Crippen LogP) is 2.49. The summed E-state index contributed by atoms with van der Waals surface area (Å²) in [7, 11) is 0. The van der Waals surface area contributed by atoms with E-state index in [1.807, 2.05) is 24.3 Å². The van der Waals surface area contributed by atoms with Crippen LogP contribution in [0.3, 0.4) is 0 Å². The lowest BCUT2D eigenvalue weighted by Crippen LogP contribution is -2.25. The normalized spacial score (nSPS) is 10.5. The molecule has 0 unspecified atom stereocenters. The molecule has 0 radical (unpaired) electrons. The molecule has 0 saturated heterocycles. The molecule has 0 aliphatic carbocycles.